The van der Waals surface area contributed by atoms with Crippen LogP contribution in [0, 0.1) is 13.8 Å². The molecule has 8 rings (SSSR count). The molecule has 0 aliphatic heterocycles. The number of anilines is 2. The highest BCUT2D eigenvalue weighted by atomic mass is 16.5. The summed E-state index contributed by atoms with van der Waals surface area (Å²) in [5.41, 5.74) is 2.24. The minimum atomic E-state index is -0.615. The molecule has 63 heavy (non-hydrogen) atoms. The first-order valence-corrected chi connectivity index (χ1v) is 19.6. The van der Waals surface area contributed by atoms with Gasteiger partial charge >= 0.3 is 0 Å². The summed E-state index contributed by atoms with van der Waals surface area (Å²) >= 11 is 0. The zero-order valence-electron chi connectivity index (χ0n) is 33.8. The maximum atomic E-state index is 13.9. The molecule has 8 aromatic rings. The van der Waals surface area contributed by atoms with E-state index in [2.05, 4.69) is 20.8 Å². The Balaban J connectivity index is 1.01. The van der Waals surface area contributed by atoms with Crippen LogP contribution in [0.1, 0.15) is 63.9 Å². The van der Waals surface area contributed by atoms with Crippen molar-refractivity contribution in [3.8, 4) is 22.9 Å². The SMILES string of the molecule is Cc1ccc(-n2nc(C(=O)c3ccc(Oc4ccc(C(=O)c5cc(NC(=O)c6ccccc6)c(=O)n(-c6ccc(C)cc6)n5)cc4)cc3)cc(NC(=O)c3ccccc3)c2=O)cc1. The standard InChI is InChI=1S/C50H36N6O7/c1-31-13-21-37(22-14-31)55-49(61)43(51-47(59)35-9-5-3-6-10-35)29-41(53-55)45(57)33-17-25-39(26-18-33)63-40-27-19-34(20-28-40)46(58)42-30-44(52-48(60)36-11-7-4-8-12-36)50(62)56(54-42)38-23-15-32(2)16-24-38/h3-30H,1-2H3,(H,51,59)(H,52,60). The molecule has 0 spiro atoms. The number of ketones is 2. The van der Waals surface area contributed by atoms with Crippen LogP contribution >= 0.6 is 0 Å². The molecule has 308 valence electrons. The molecule has 0 aliphatic rings. The highest BCUT2D eigenvalue weighted by molar-refractivity contribution is 6.10. The van der Waals surface area contributed by atoms with Gasteiger partial charge in [0.05, 0.1) is 11.4 Å². The Morgan fingerprint density at radius 1 is 0.444 bits per heavy atom. The lowest BCUT2D eigenvalue weighted by Crippen LogP contribution is -2.29. The first kappa shape index (κ1) is 40.9. The Labute approximate surface area is 359 Å². The van der Waals surface area contributed by atoms with Gasteiger partial charge in [-0.05, 0) is 123 Å². The zero-order valence-corrected chi connectivity index (χ0v) is 33.8. The van der Waals surface area contributed by atoms with Gasteiger partial charge in [-0.2, -0.15) is 19.6 Å². The lowest BCUT2D eigenvalue weighted by atomic mass is 10.1. The van der Waals surface area contributed by atoms with Crippen molar-refractivity contribution in [2.24, 2.45) is 0 Å². The van der Waals surface area contributed by atoms with Crippen molar-refractivity contribution < 1.29 is 23.9 Å². The number of benzene rings is 6. The normalized spacial score (nSPS) is 10.8. The predicted molar refractivity (Wildman–Crippen MR) is 238 cm³/mol. The van der Waals surface area contributed by atoms with Crippen LogP contribution in [0.2, 0.25) is 0 Å². The second-order valence-corrected chi connectivity index (χ2v) is 14.4. The smallest absolute Gasteiger partial charge is 0.295 e. The van der Waals surface area contributed by atoms with E-state index in [0.717, 1.165) is 20.5 Å². The van der Waals surface area contributed by atoms with E-state index in [-0.39, 0.29) is 33.9 Å². The summed E-state index contributed by atoms with van der Waals surface area (Å²) in [7, 11) is 0. The van der Waals surface area contributed by atoms with Crippen molar-refractivity contribution in [2.75, 3.05) is 10.6 Å². The second-order valence-electron chi connectivity index (χ2n) is 14.4. The summed E-state index contributed by atoms with van der Waals surface area (Å²) in [4.78, 5) is 81.0. The van der Waals surface area contributed by atoms with Gasteiger partial charge in [0.15, 0.2) is 0 Å². The van der Waals surface area contributed by atoms with Gasteiger partial charge in [0.1, 0.15) is 34.3 Å². The molecule has 0 aliphatic carbocycles. The van der Waals surface area contributed by atoms with Crippen molar-refractivity contribution in [3.63, 3.8) is 0 Å². The maximum absolute atomic E-state index is 13.9. The van der Waals surface area contributed by atoms with Crippen molar-refractivity contribution in [1.29, 1.82) is 0 Å². The van der Waals surface area contributed by atoms with Crippen molar-refractivity contribution >= 4 is 34.8 Å². The van der Waals surface area contributed by atoms with E-state index >= 15 is 0 Å². The highest BCUT2D eigenvalue weighted by Crippen LogP contribution is 2.25. The zero-order chi connectivity index (χ0) is 44.0. The summed E-state index contributed by atoms with van der Waals surface area (Å²) in [5.74, 6) is -1.30. The van der Waals surface area contributed by atoms with Gasteiger partial charge in [-0.3, -0.25) is 28.8 Å². The quantitative estimate of drug-likeness (QED) is 0.115. The molecule has 0 atom stereocenters. The summed E-state index contributed by atoms with van der Waals surface area (Å²) in [6.07, 6.45) is 0. The van der Waals surface area contributed by atoms with E-state index in [1.54, 1.807) is 133 Å². The molecular formula is C50H36N6O7. The van der Waals surface area contributed by atoms with E-state index < -0.39 is 34.5 Å². The van der Waals surface area contributed by atoms with Gasteiger partial charge in [-0.15, -0.1) is 0 Å². The van der Waals surface area contributed by atoms with Crippen LogP contribution in [0.4, 0.5) is 11.4 Å². The lowest BCUT2D eigenvalue weighted by Gasteiger charge is -2.12. The minimum absolute atomic E-state index is 0.0816. The summed E-state index contributed by atoms with van der Waals surface area (Å²) in [6.45, 7) is 3.80. The molecule has 2 amide bonds. The van der Waals surface area contributed by atoms with Crippen LogP contribution < -0.4 is 26.5 Å². The second kappa shape index (κ2) is 17.8. The number of hydrogen-bond donors (Lipinski definition) is 2. The van der Waals surface area contributed by atoms with Crippen LogP contribution in [0.15, 0.2) is 179 Å². The molecular weight excluding hydrogens is 797 g/mol. The van der Waals surface area contributed by atoms with Gasteiger partial charge in [0, 0.05) is 22.3 Å². The van der Waals surface area contributed by atoms with E-state index in [1.165, 1.54) is 12.1 Å². The number of ether oxygens (including phenoxy) is 1. The third kappa shape index (κ3) is 9.17. The fourth-order valence-corrected chi connectivity index (χ4v) is 6.46. The summed E-state index contributed by atoms with van der Waals surface area (Å²) < 4.78 is 8.20. The fourth-order valence-electron chi connectivity index (χ4n) is 6.46. The number of carbonyl (C=O) groups excluding carboxylic acids is 4. The van der Waals surface area contributed by atoms with E-state index in [1.807, 2.05) is 38.1 Å². The van der Waals surface area contributed by atoms with Crippen LogP contribution in [0.5, 0.6) is 11.5 Å². The fraction of sp³-hybridized carbons (Fsp3) is 0.0400. The largest absolute Gasteiger partial charge is 0.457 e. The molecule has 2 N–H and O–H groups in total. The van der Waals surface area contributed by atoms with Gasteiger partial charge in [0.25, 0.3) is 22.9 Å². The number of nitrogens with zero attached hydrogens (tertiary/aromatic N) is 4. The average Bonchev–Trinajstić information content (AvgIpc) is 3.31. The molecule has 0 saturated heterocycles. The van der Waals surface area contributed by atoms with E-state index in [4.69, 9.17) is 4.74 Å². The van der Waals surface area contributed by atoms with Gasteiger partial charge < -0.3 is 15.4 Å². The summed E-state index contributed by atoms with van der Waals surface area (Å²) in [5, 5.41) is 14.1. The molecule has 0 radical (unpaired) electrons. The van der Waals surface area contributed by atoms with Crippen molar-refractivity contribution in [3.05, 3.63) is 235 Å². The Morgan fingerprint density at radius 2 is 0.794 bits per heavy atom. The van der Waals surface area contributed by atoms with Crippen molar-refractivity contribution in [2.45, 2.75) is 13.8 Å². The predicted octanol–water partition coefficient (Wildman–Crippen LogP) is 8.15. The molecule has 0 unspecified atom stereocenters. The summed E-state index contributed by atoms with van der Waals surface area (Å²) in [6, 6.07) is 45.9. The molecule has 13 heteroatoms. The third-order valence-electron chi connectivity index (χ3n) is 9.88. The third-order valence-corrected chi connectivity index (χ3v) is 9.88. The molecule has 0 saturated carbocycles. The minimum Gasteiger partial charge on any atom is -0.457 e. The van der Waals surface area contributed by atoms with Crippen LogP contribution in [-0.2, 0) is 0 Å². The number of aryl methyl sites for hydroxylation is 2. The molecule has 2 heterocycles. The first-order chi connectivity index (χ1) is 30.5. The molecule has 2 aromatic heterocycles. The topological polar surface area (TPSA) is 171 Å². The molecule has 13 nitrogen and oxygen atoms in total. The van der Waals surface area contributed by atoms with Crippen LogP contribution in [0.25, 0.3) is 11.4 Å². The number of rotatable bonds is 12. The Morgan fingerprint density at radius 3 is 1.14 bits per heavy atom. The van der Waals surface area contributed by atoms with Gasteiger partial charge in [-0.1, -0.05) is 71.8 Å². The van der Waals surface area contributed by atoms with Gasteiger partial charge in [-0.25, -0.2) is 0 Å². The number of carbonyl (C=O) groups is 4. The first-order valence-electron chi connectivity index (χ1n) is 19.6. The average molecular weight is 833 g/mol. The van der Waals surface area contributed by atoms with Gasteiger partial charge in [0.2, 0.25) is 11.6 Å². The molecule has 0 bridgehead atoms. The Bertz CT molecular complexity index is 2920. The maximum Gasteiger partial charge on any atom is 0.295 e. The van der Waals surface area contributed by atoms with E-state index in [0.29, 0.717) is 34.0 Å². The number of nitrogens with one attached hydrogen (secondary N) is 2. The van der Waals surface area contributed by atoms with Crippen LogP contribution in [0.3, 0.4) is 0 Å². The number of hydrogen-bond acceptors (Lipinski definition) is 9. The Kier molecular flexibility index (Phi) is 11.6. The lowest BCUT2D eigenvalue weighted by molar-refractivity contribution is 0.101. The monoisotopic (exact) mass is 832 g/mol. The van der Waals surface area contributed by atoms with Crippen molar-refractivity contribution in [1.82, 2.24) is 19.6 Å². The molecule has 0 fully saturated rings. The van der Waals surface area contributed by atoms with E-state index in [9.17, 15) is 28.8 Å². The number of aromatic nitrogens is 4. The number of amides is 2. The highest BCUT2D eigenvalue weighted by Gasteiger charge is 2.21. The Hall–Kier alpha value is -8.84. The van der Waals surface area contributed by atoms with Crippen LogP contribution in [-0.4, -0.2) is 42.9 Å². The molecule has 6 aromatic carbocycles.